The van der Waals surface area contributed by atoms with Crippen molar-refractivity contribution in [2.75, 3.05) is 0 Å². The molecular formula is C10H8Br2S. The number of hydrogen-bond acceptors (Lipinski definition) is 1. The molecule has 0 aliphatic carbocycles. The van der Waals surface area contributed by atoms with Gasteiger partial charge < -0.3 is 0 Å². The summed E-state index contributed by atoms with van der Waals surface area (Å²) in [5, 5.41) is 2.29. The molecule has 0 aliphatic heterocycles. The zero-order chi connectivity index (χ0) is 9.42. The highest BCUT2D eigenvalue weighted by molar-refractivity contribution is 9.11. The number of halogens is 2. The van der Waals surface area contributed by atoms with Crippen molar-refractivity contribution in [3.05, 3.63) is 33.1 Å². The maximum absolute atomic E-state index is 3.56. The van der Waals surface area contributed by atoms with E-state index in [1.54, 1.807) is 11.3 Å². The van der Waals surface area contributed by atoms with Gasteiger partial charge in [0.1, 0.15) is 0 Å². The normalized spacial score (nSPS) is 11.0. The smallest absolute Gasteiger partial charge is 0.0740 e. The number of hydrogen-bond donors (Lipinski definition) is 0. The Balaban J connectivity index is 2.73. The Morgan fingerprint density at radius 2 is 2.15 bits per heavy atom. The van der Waals surface area contributed by atoms with E-state index in [1.807, 2.05) is 0 Å². The fraction of sp³-hybridized carbons (Fsp3) is 0.200. The van der Waals surface area contributed by atoms with Crippen LogP contribution in [0.5, 0.6) is 0 Å². The summed E-state index contributed by atoms with van der Waals surface area (Å²) in [6, 6.07) is 6.61. The van der Waals surface area contributed by atoms with Crippen molar-refractivity contribution in [1.29, 1.82) is 0 Å². The largest absolute Gasteiger partial charge is 0.128 e. The van der Waals surface area contributed by atoms with Crippen molar-refractivity contribution >= 4 is 53.3 Å². The minimum Gasteiger partial charge on any atom is -0.128 e. The third kappa shape index (κ3) is 1.69. The lowest BCUT2D eigenvalue weighted by molar-refractivity contribution is 1.47. The first-order valence-electron chi connectivity index (χ1n) is 3.96. The Labute approximate surface area is 98.2 Å². The van der Waals surface area contributed by atoms with Crippen molar-refractivity contribution in [2.24, 2.45) is 0 Å². The van der Waals surface area contributed by atoms with Crippen molar-refractivity contribution in [2.45, 2.75) is 12.3 Å². The zero-order valence-corrected chi connectivity index (χ0v) is 11.1. The molecule has 0 amide bonds. The third-order valence-electron chi connectivity index (χ3n) is 2.10. The Kier molecular flexibility index (Phi) is 2.77. The molecule has 0 aliphatic rings. The van der Waals surface area contributed by atoms with Gasteiger partial charge in [0.25, 0.3) is 0 Å². The monoisotopic (exact) mass is 318 g/mol. The van der Waals surface area contributed by atoms with Crippen molar-refractivity contribution in [1.82, 2.24) is 0 Å². The topological polar surface area (TPSA) is 0 Å². The van der Waals surface area contributed by atoms with Crippen LogP contribution in [0.1, 0.15) is 11.1 Å². The van der Waals surface area contributed by atoms with Crippen molar-refractivity contribution < 1.29 is 0 Å². The average molecular weight is 320 g/mol. The first-order chi connectivity index (χ1) is 6.22. The molecule has 0 N–H and O–H groups in total. The molecule has 0 bridgehead atoms. The van der Waals surface area contributed by atoms with Gasteiger partial charge in [-0.15, -0.1) is 11.3 Å². The van der Waals surface area contributed by atoms with Gasteiger partial charge in [0.15, 0.2) is 0 Å². The van der Waals surface area contributed by atoms with Gasteiger partial charge in [-0.2, -0.15) is 0 Å². The summed E-state index contributed by atoms with van der Waals surface area (Å²) in [5.74, 6) is 0. The number of aryl methyl sites for hydroxylation is 1. The molecule has 1 heterocycles. The second-order valence-electron chi connectivity index (χ2n) is 2.96. The maximum Gasteiger partial charge on any atom is 0.0740 e. The van der Waals surface area contributed by atoms with Crippen LogP contribution in [0.2, 0.25) is 0 Å². The molecule has 13 heavy (non-hydrogen) atoms. The van der Waals surface area contributed by atoms with Gasteiger partial charge in [0, 0.05) is 10.0 Å². The molecule has 0 saturated heterocycles. The predicted octanol–water partition coefficient (Wildman–Crippen LogP) is 4.87. The number of thiophene rings is 1. The van der Waals surface area contributed by atoms with E-state index < -0.39 is 0 Å². The van der Waals surface area contributed by atoms with E-state index in [1.165, 1.54) is 25.0 Å². The van der Waals surface area contributed by atoms with E-state index in [4.69, 9.17) is 0 Å². The number of benzene rings is 1. The molecule has 0 radical (unpaired) electrons. The molecule has 3 heteroatoms. The van der Waals surface area contributed by atoms with Gasteiger partial charge in [-0.3, -0.25) is 0 Å². The predicted molar refractivity (Wildman–Crippen MR) is 66.9 cm³/mol. The lowest BCUT2D eigenvalue weighted by Crippen LogP contribution is -1.75. The summed E-state index contributed by atoms with van der Waals surface area (Å²) in [6.45, 7) is 2.15. The molecule has 1 aromatic carbocycles. The first-order valence-corrected chi connectivity index (χ1v) is 6.69. The fourth-order valence-electron chi connectivity index (χ4n) is 1.32. The van der Waals surface area contributed by atoms with Gasteiger partial charge in [-0.25, -0.2) is 0 Å². The van der Waals surface area contributed by atoms with Crippen LogP contribution in [0.15, 0.2) is 22.0 Å². The second-order valence-corrected chi connectivity index (χ2v) is 5.90. The Bertz CT molecular complexity index is 445. The summed E-state index contributed by atoms with van der Waals surface area (Å²) >= 11 is 8.83. The van der Waals surface area contributed by atoms with Crippen LogP contribution in [-0.2, 0) is 5.33 Å². The number of fused-ring (bicyclic) bond motifs is 1. The summed E-state index contributed by atoms with van der Waals surface area (Å²) in [5.41, 5.74) is 2.68. The molecule has 68 valence electrons. The van der Waals surface area contributed by atoms with Crippen LogP contribution in [-0.4, -0.2) is 0 Å². The second kappa shape index (κ2) is 3.71. The highest BCUT2D eigenvalue weighted by atomic mass is 79.9. The minimum atomic E-state index is 0.928. The molecule has 0 spiro atoms. The van der Waals surface area contributed by atoms with Gasteiger partial charge in [0.05, 0.1) is 3.79 Å². The summed E-state index contributed by atoms with van der Waals surface area (Å²) in [6.07, 6.45) is 0. The molecule has 0 nitrogen and oxygen atoms in total. The van der Waals surface area contributed by atoms with Crippen LogP contribution >= 0.6 is 43.2 Å². The van der Waals surface area contributed by atoms with Crippen molar-refractivity contribution in [3.63, 3.8) is 0 Å². The van der Waals surface area contributed by atoms with Gasteiger partial charge in [-0.05, 0) is 45.4 Å². The van der Waals surface area contributed by atoms with E-state index >= 15 is 0 Å². The molecule has 0 unspecified atom stereocenters. The third-order valence-corrected chi connectivity index (χ3v) is 4.87. The minimum absolute atomic E-state index is 0.928. The number of rotatable bonds is 1. The number of alkyl halides is 1. The summed E-state index contributed by atoms with van der Waals surface area (Å²) in [4.78, 5) is 0. The Morgan fingerprint density at radius 3 is 2.85 bits per heavy atom. The van der Waals surface area contributed by atoms with E-state index in [9.17, 15) is 0 Å². The van der Waals surface area contributed by atoms with Gasteiger partial charge >= 0.3 is 0 Å². The lowest BCUT2D eigenvalue weighted by Gasteiger charge is -1.95. The van der Waals surface area contributed by atoms with Crippen molar-refractivity contribution in [3.8, 4) is 0 Å². The Hall–Kier alpha value is 0.140. The lowest BCUT2D eigenvalue weighted by atomic mass is 10.1. The quantitative estimate of drug-likeness (QED) is 0.658. The molecule has 2 aromatic rings. The SMILES string of the molecule is Cc1c(Br)sc2cc(CBr)ccc12. The van der Waals surface area contributed by atoms with E-state index in [2.05, 4.69) is 57.0 Å². The fourth-order valence-corrected chi connectivity index (χ4v) is 3.41. The average Bonchev–Trinajstić information content (AvgIpc) is 2.42. The van der Waals surface area contributed by atoms with Crippen LogP contribution in [0.3, 0.4) is 0 Å². The molecule has 1 aromatic heterocycles. The van der Waals surface area contributed by atoms with E-state index in [0.717, 1.165) is 5.33 Å². The molecule has 0 saturated carbocycles. The van der Waals surface area contributed by atoms with Gasteiger partial charge in [-0.1, -0.05) is 28.1 Å². The highest BCUT2D eigenvalue weighted by Crippen LogP contribution is 2.35. The van der Waals surface area contributed by atoms with E-state index in [-0.39, 0.29) is 0 Å². The first kappa shape index (κ1) is 9.69. The standard InChI is InChI=1S/C10H8Br2S/c1-6-8-3-2-7(5-11)4-9(8)13-10(6)12/h2-4H,5H2,1H3. The van der Waals surface area contributed by atoms with Crippen LogP contribution < -0.4 is 0 Å². The molecule has 0 fully saturated rings. The highest BCUT2D eigenvalue weighted by Gasteiger charge is 2.05. The molecule has 2 rings (SSSR count). The molecule has 0 atom stereocenters. The van der Waals surface area contributed by atoms with Crippen LogP contribution in [0, 0.1) is 6.92 Å². The molecular weight excluding hydrogens is 312 g/mol. The van der Waals surface area contributed by atoms with Crippen LogP contribution in [0.25, 0.3) is 10.1 Å². The van der Waals surface area contributed by atoms with Crippen LogP contribution in [0.4, 0.5) is 0 Å². The summed E-state index contributed by atoms with van der Waals surface area (Å²) in [7, 11) is 0. The maximum atomic E-state index is 3.56. The van der Waals surface area contributed by atoms with E-state index in [0.29, 0.717) is 0 Å². The summed E-state index contributed by atoms with van der Waals surface area (Å²) < 4.78 is 2.61. The Morgan fingerprint density at radius 1 is 1.38 bits per heavy atom. The van der Waals surface area contributed by atoms with Gasteiger partial charge in [0.2, 0.25) is 0 Å². The zero-order valence-electron chi connectivity index (χ0n) is 7.10.